The zero-order valence-electron chi connectivity index (χ0n) is 12.2. The van der Waals surface area contributed by atoms with E-state index in [9.17, 15) is 4.39 Å². The Balaban J connectivity index is 2.10. The quantitative estimate of drug-likeness (QED) is 0.876. The topological polar surface area (TPSA) is 43.8 Å². The van der Waals surface area contributed by atoms with Crippen LogP contribution in [-0.4, -0.2) is 9.55 Å². The number of benzene rings is 1. The van der Waals surface area contributed by atoms with Gasteiger partial charge in [0.1, 0.15) is 23.2 Å². The molecule has 1 aromatic heterocycles. The van der Waals surface area contributed by atoms with Crippen LogP contribution in [0.5, 0.6) is 0 Å². The molecule has 3 rings (SSSR count). The minimum atomic E-state index is -0.270. The molecule has 21 heavy (non-hydrogen) atoms. The first-order valence-electron chi connectivity index (χ1n) is 7.28. The predicted octanol–water partition coefficient (Wildman–Crippen LogP) is 4.57. The van der Waals surface area contributed by atoms with Gasteiger partial charge in [-0.3, -0.25) is 0 Å². The molecule has 5 heteroatoms. The largest absolute Gasteiger partial charge is 0.383 e. The number of hydrogen-bond acceptors (Lipinski definition) is 2. The molecular weight excluding hydrogens is 333 g/mol. The molecule has 2 N–H and O–H groups in total. The smallest absolute Gasteiger partial charge is 0.131 e. The van der Waals surface area contributed by atoms with Gasteiger partial charge in [-0.1, -0.05) is 13.8 Å². The molecule has 0 atom stereocenters. The first-order chi connectivity index (χ1) is 9.97. The summed E-state index contributed by atoms with van der Waals surface area (Å²) in [5.41, 5.74) is 7.94. The molecule has 2 aromatic rings. The lowest BCUT2D eigenvalue weighted by molar-refractivity contribution is 0.512. The maximum absolute atomic E-state index is 13.3. The molecule has 1 aromatic carbocycles. The average molecular weight is 352 g/mol. The van der Waals surface area contributed by atoms with E-state index in [1.54, 1.807) is 6.07 Å². The van der Waals surface area contributed by atoms with Gasteiger partial charge in [0.2, 0.25) is 0 Å². The van der Waals surface area contributed by atoms with E-state index in [1.165, 1.54) is 25.0 Å². The summed E-state index contributed by atoms with van der Waals surface area (Å²) in [6.07, 6.45) is 2.36. The molecule has 1 fully saturated rings. The Morgan fingerprint density at radius 2 is 2.14 bits per heavy atom. The first kappa shape index (κ1) is 14.6. The summed E-state index contributed by atoms with van der Waals surface area (Å²) < 4.78 is 16.1. The highest BCUT2D eigenvalue weighted by atomic mass is 79.9. The molecule has 112 valence electrons. The highest BCUT2D eigenvalue weighted by Gasteiger charge is 2.31. The fourth-order valence-corrected chi connectivity index (χ4v) is 3.11. The van der Waals surface area contributed by atoms with Crippen molar-refractivity contribution in [2.24, 2.45) is 5.92 Å². The molecule has 1 aliphatic rings. The van der Waals surface area contributed by atoms with Crippen molar-refractivity contribution in [2.45, 2.75) is 39.2 Å². The fraction of sp³-hybridized carbons (Fsp3) is 0.438. The second-order valence-electron chi connectivity index (χ2n) is 6.11. The van der Waals surface area contributed by atoms with Crippen LogP contribution in [0.15, 0.2) is 22.7 Å². The van der Waals surface area contributed by atoms with E-state index in [0.717, 1.165) is 23.6 Å². The van der Waals surface area contributed by atoms with E-state index in [-0.39, 0.29) is 5.82 Å². The van der Waals surface area contributed by atoms with Crippen LogP contribution in [-0.2, 0) is 6.54 Å². The van der Waals surface area contributed by atoms with Crippen LogP contribution in [0.4, 0.5) is 10.2 Å². The Bertz CT molecular complexity index is 674. The van der Waals surface area contributed by atoms with Gasteiger partial charge in [0.25, 0.3) is 0 Å². The van der Waals surface area contributed by atoms with Crippen molar-refractivity contribution in [1.82, 2.24) is 9.55 Å². The molecule has 1 heterocycles. The Labute approximate surface area is 132 Å². The van der Waals surface area contributed by atoms with Crippen molar-refractivity contribution in [3.8, 4) is 11.3 Å². The molecule has 1 aliphatic carbocycles. The summed E-state index contributed by atoms with van der Waals surface area (Å²) in [5.74, 6) is 2.51. The SMILES string of the molecule is CC(C)Cn1c(C2CC2)nc(-c2ccc(F)cc2Br)c1N. The van der Waals surface area contributed by atoms with Crippen LogP contribution >= 0.6 is 15.9 Å². The number of nitrogen functional groups attached to an aromatic ring is 1. The highest BCUT2D eigenvalue weighted by molar-refractivity contribution is 9.10. The van der Waals surface area contributed by atoms with Gasteiger partial charge in [-0.2, -0.15) is 0 Å². The van der Waals surface area contributed by atoms with Crippen LogP contribution in [0.1, 0.15) is 38.4 Å². The summed E-state index contributed by atoms with van der Waals surface area (Å²) in [4.78, 5) is 4.77. The summed E-state index contributed by atoms with van der Waals surface area (Å²) in [6, 6.07) is 4.62. The Morgan fingerprint density at radius 1 is 1.43 bits per heavy atom. The number of aromatic nitrogens is 2. The van der Waals surface area contributed by atoms with Crippen molar-refractivity contribution < 1.29 is 4.39 Å². The number of anilines is 1. The van der Waals surface area contributed by atoms with Crippen molar-refractivity contribution in [2.75, 3.05) is 5.73 Å². The zero-order chi connectivity index (χ0) is 15.1. The molecule has 0 unspecified atom stereocenters. The molecule has 3 nitrogen and oxygen atoms in total. The van der Waals surface area contributed by atoms with Gasteiger partial charge in [0.05, 0.1) is 0 Å². The molecule has 0 saturated heterocycles. The van der Waals surface area contributed by atoms with Gasteiger partial charge in [-0.25, -0.2) is 9.37 Å². The van der Waals surface area contributed by atoms with E-state index >= 15 is 0 Å². The number of nitrogens with two attached hydrogens (primary N) is 1. The third-order valence-corrected chi connectivity index (χ3v) is 4.37. The Morgan fingerprint density at radius 3 is 2.71 bits per heavy atom. The maximum atomic E-state index is 13.3. The lowest BCUT2D eigenvalue weighted by Crippen LogP contribution is -2.11. The van der Waals surface area contributed by atoms with Gasteiger partial charge >= 0.3 is 0 Å². The van der Waals surface area contributed by atoms with Crippen molar-refractivity contribution >= 4 is 21.7 Å². The summed E-state index contributed by atoms with van der Waals surface area (Å²) in [7, 11) is 0. The van der Waals surface area contributed by atoms with Crippen LogP contribution in [0.25, 0.3) is 11.3 Å². The fourth-order valence-electron chi connectivity index (χ4n) is 2.57. The normalized spacial score (nSPS) is 14.9. The zero-order valence-corrected chi connectivity index (χ0v) is 13.8. The maximum Gasteiger partial charge on any atom is 0.131 e. The lowest BCUT2D eigenvalue weighted by atomic mass is 10.1. The standard InChI is InChI=1S/C16H19BrFN3/c1-9(2)8-21-15(19)14(20-16(21)10-3-4-10)12-6-5-11(18)7-13(12)17/h5-7,9-10H,3-4,8,19H2,1-2H3. The second-order valence-corrected chi connectivity index (χ2v) is 6.96. The third-order valence-electron chi connectivity index (χ3n) is 3.71. The van der Waals surface area contributed by atoms with Gasteiger partial charge in [-0.05, 0) is 52.9 Å². The van der Waals surface area contributed by atoms with E-state index in [2.05, 4.69) is 34.3 Å². The number of imidazole rings is 1. The van der Waals surface area contributed by atoms with Crippen LogP contribution in [0.3, 0.4) is 0 Å². The van der Waals surface area contributed by atoms with Crippen LogP contribution < -0.4 is 5.73 Å². The molecule has 0 aliphatic heterocycles. The second kappa shape index (κ2) is 5.44. The number of hydrogen-bond donors (Lipinski definition) is 1. The third kappa shape index (κ3) is 2.84. The van der Waals surface area contributed by atoms with Crippen LogP contribution in [0.2, 0.25) is 0 Å². The minimum Gasteiger partial charge on any atom is -0.383 e. The van der Waals surface area contributed by atoms with Crippen molar-refractivity contribution in [3.63, 3.8) is 0 Å². The predicted molar refractivity (Wildman–Crippen MR) is 86.5 cm³/mol. The molecule has 0 spiro atoms. The van der Waals surface area contributed by atoms with Gasteiger partial charge in [0, 0.05) is 22.5 Å². The Kier molecular flexibility index (Phi) is 3.78. The van der Waals surface area contributed by atoms with Crippen LogP contribution in [0, 0.1) is 11.7 Å². The van der Waals surface area contributed by atoms with Crippen molar-refractivity contribution in [3.05, 3.63) is 34.3 Å². The van der Waals surface area contributed by atoms with E-state index < -0.39 is 0 Å². The average Bonchev–Trinajstić information content (AvgIpc) is 3.18. The molecule has 0 amide bonds. The van der Waals surface area contributed by atoms with E-state index in [0.29, 0.717) is 22.1 Å². The summed E-state index contributed by atoms with van der Waals surface area (Å²) in [5, 5.41) is 0. The summed E-state index contributed by atoms with van der Waals surface area (Å²) in [6.45, 7) is 5.21. The van der Waals surface area contributed by atoms with E-state index in [4.69, 9.17) is 10.7 Å². The highest BCUT2D eigenvalue weighted by Crippen LogP contribution is 2.43. The summed E-state index contributed by atoms with van der Waals surface area (Å²) >= 11 is 3.41. The number of rotatable bonds is 4. The van der Waals surface area contributed by atoms with Gasteiger partial charge in [0.15, 0.2) is 0 Å². The van der Waals surface area contributed by atoms with Gasteiger partial charge < -0.3 is 10.3 Å². The molecule has 0 radical (unpaired) electrons. The molecule has 1 saturated carbocycles. The van der Waals surface area contributed by atoms with Gasteiger partial charge in [-0.15, -0.1) is 0 Å². The van der Waals surface area contributed by atoms with E-state index in [1.807, 2.05) is 0 Å². The Hall–Kier alpha value is -1.36. The number of nitrogens with zero attached hydrogens (tertiary/aromatic N) is 2. The first-order valence-corrected chi connectivity index (χ1v) is 8.08. The monoisotopic (exact) mass is 351 g/mol. The lowest BCUT2D eigenvalue weighted by Gasteiger charge is -2.12. The molecule has 0 bridgehead atoms. The minimum absolute atomic E-state index is 0.270. The molecular formula is C16H19BrFN3. The van der Waals surface area contributed by atoms with Crippen molar-refractivity contribution in [1.29, 1.82) is 0 Å². The number of halogens is 2.